The molecule has 2 amide bonds. The molecule has 1 saturated heterocycles. The van der Waals surface area contributed by atoms with Gasteiger partial charge in [-0.1, -0.05) is 47.2 Å². The van der Waals surface area contributed by atoms with Crippen molar-refractivity contribution in [3.8, 4) is 5.75 Å². The van der Waals surface area contributed by atoms with Crippen molar-refractivity contribution in [2.24, 2.45) is 29.6 Å². The Hall–Kier alpha value is -3.40. The normalized spacial score (nSPS) is 29.0. The van der Waals surface area contributed by atoms with Crippen LogP contribution in [-0.4, -0.2) is 22.0 Å². The third kappa shape index (κ3) is 4.01. The van der Waals surface area contributed by atoms with Crippen LogP contribution in [0.3, 0.4) is 0 Å². The van der Waals surface area contributed by atoms with E-state index in [9.17, 15) is 18.8 Å². The molecule has 2 saturated carbocycles. The number of carbonyl (C=O) groups is 2. The Kier molecular flexibility index (Phi) is 6.14. The Morgan fingerprint density at radius 2 is 1.69 bits per heavy atom. The molecule has 3 heterocycles. The SMILES string of the molecule is O=C1C2C(C(=O)N1c1ccc(F)cc1)[C@@H]1C[C@H]2C2Sc3[nH]c(=O)sc3C(c3ccc(OCc4cccc(Cl)c4)cc3)C21. The molecule has 212 valence electrons. The van der Waals surface area contributed by atoms with Crippen molar-refractivity contribution in [1.29, 1.82) is 0 Å². The number of fused-ring (bicyclic) bond motifs is 9. The van der Waals surface area contributed by atoms with Gasteiger partial charge >= 0.3 is 4.87 Å². The molecule has 10 heteroatoms. The number of aromatic nitrogens is 1. The van der Waals surface area contributed by atoms with E-state index < -0.39 is 17.7 Å². The summed E-state index contributed by atoms with van der Waals surface area (Å²) in [7, 11) is 0. The van der Waals surface area contributed by atoms with Gasteiger partial charge in [-0.05, 0) is 83.8 Å². The maximum Gasteiger partial charge on any atom is 0.305 e. The number of carbonyl (C=O) groups excluding carboxylic acids is 2. The van der Waals surface area contributed by atoms with E-state index in [1.54, 1.807) is 11.8 Å². The number of ether oxygens (including phenoxy) is 1. The van der Waals surface area contributed by atoms with Crippen molar-refractivity contribution >= 4 is 52.2 Å². The second kappa shape index (κ2) is 9.82. The van der Waals surface area contributed by atoms with Gasteiger partial charge in [0, 0.05) is 21.1 Å². The molecule has 0 spiro atoms. The number of rotatable bonds is 5. The van der Waals surface area contributed by atoms with Crippen LogP contribution in [0.15, 0.2) is 82.6 Å². The van der Waals surface area contributed by atoms with Crippen LogP contribution < -0.4 is 14.5 Å². The fourth-order valence-corrected chi connectivity index (χ4v) is 10.9. The highest BCUT2D eigenvalue weighted by atomic mass is 35.5. The summed E-state index contributed by atoms with van der Waals surface area (Å²) in [6.45, 7) is 0.391. The molecular weight excluding hydrogens is 595 g/mol. The van der Waals surface area contributed by atoms with Crippen molar-refractivity contribution in [2.45, 2.75) is 29.2 Å². The second-order valence-corrected chi connectivity index (χ2v) is 14.1. The molecule has 8 rings (SSSR count). The highest BCUT2D eigenvalue weighted by molar-refractivity contribution is 8.00. The van der Waals surface area contributed by atoms with E-state index in [-0.39, 0.29) is 45.6 Å². The van der Waals surface area contributed by atoms with E-state index >= 15 is 0 Å². The lowest BCUT2D eigenvalue weighted by atomic mass is 9.68. The van der Waals surface area contributed by atoms with Gasteiger partial charge in [-0.25, -0.2) is 4.39 Å². The van der Waals surface area contributed by atoms with E-state index in [1.165, 1.54) is 40.5 Å². The third-order valence-electron chi connectivity index (χ3n) is 9.34. The minimum Gasteiger partial charge on any atom is -0.489 e. The number of thiazole rings is 1. The molecule has 7 atom stereocenters. The predicted molar refractivity (Wildman–Crippen MR) is 160 cm³/mol. The molecule has 0 radical (unpaired) electrons. The van der Waals surface area contributed by atoms with Gasteiger partial charge in [0.25, 0.3) is 0 Å². The fraction of sp³-hybridized carbons (Fsp3) is 0.281. The van der Waals surface area contributed by atoms with Crippen molar-refractivity contribution in [1.82, 2.24) is 4.98 Å². The van der Waals surface area contributed by atoms with E-state index in [4.69, 9.17) is 16.3 Å². The van der Waals surface area contributed by atoms with Gasteiger partial charge in [0.1, 0.15) is 18.2 Å². The molecular formula is C32H24ClFN2O4S2. The van der Waals surface area contributed by atoms with Crippen molar-refractivity contribution in [3.05, 3.63) is 109 Å². The van der Waals surface area contributed by atoms with Crippen LogP contribution >= 0.6 is 34.7 Å². The summed E-state index contributed by atoms with van der Waals surface area (Å²) < 4.78 is 19.6. The first kappa shape index (κ1) is 26.2. The van der Waals surface area contributed by atoms with Gasteiger partial charge in [-0.2, -0.15) is 0 Å². The molecule has 1 N–H and O–H groups in total. The zero-order valence-electron chi connectivity index (χ0n) is 22.0. The van der Waals surface area contributed by atoms with Crippen LogP contribution in [0.4, 0.5) is 10.1 Å². The summed E-state index contributed by atoms with van der Waals surface area (Å²) in [5, 5.41) is 1.63. The van der Waals surface area contributed by atoms with Gasteiger partial charge in [-0.15, -0.1) is 11.8 Å². The lowest BCUT2D eigenvalue weighted by molar-refractivity contribution is -0.123. The van der Waals surface area contributed by atoms with E-state index in [1.807, 2.05) is 36.4 Å². The first-order valence-electron chi connectivity index (χ1n) is 13.9. The van der Waals surface area contributed by atoms with Crippen LogP contribution in [0.2, 0.25) is 5.02 Å². The van der Waals surface area contributed by atoms with Gasteiger partial charge in [0.05, 0.1) is 22.5 Å². The highest BCUT2D eigenvalue weighted by Gasteiger charge is 2.69. The largest absolute Gasteiger partial charge is 0.489 e. The number of thioether (sulfide) groups is 1. The van der Waals surface area contributed by atoms with Gasteiger partial charge in [0.15, 0.2) is 0 Å². The van der Waals surface area contributed by atoms with Crippen LogP contribution in [0.5, 0.6) is 5.75 Å². The highest BCUT2D eigenvalue weighted by Crippen LogP contribution is 2.68. The number of benzene rings is 3. The molecule has 3 aromatic carbocycles. The van der Waals surface area contributed by atoms with E-state index in [0.717, 1.165) is 33.2 Å². The average molecular weight is 619 g/mol. The van der Waals surface area contributed by atoms with Crippen LogP contribution in [-0.2, 0) is 16.2 Å². The Bertz CT molecular complexity index is 1790. The second-order valence-electron chi connectivity index (χ2n) is 11.4. The maximum absolute atomic E-state index is 13.8. The van der Waals surface area contributed by atoms with Gasteiger partial charge < -0.3 is 9.72 Å². The molecule has 4 aliphatic rings. The number of aromatic amines is 1. The molecule has 2 bridgehead atoms. The standard InChI is InChI=1S/C32H24ClFN2O4S2/c33-17-3-1-2-15(12-17)14-40-20-10-4-16(5-11-20)23-24-21-13-22(27(24)41-29-28(23)42-32(39)35-29)26-25(21)30(37)36(31(26)38)19-8-6-18(34)7-9-19/h1-12,21-27H,13-14H2,(H,35,39)/t21-,22-,23?,24?,25?,26?,27?/m1/s1. The number of hydrogen-bond donors (Lipinski definition) is 1. The van der Waals surface area contributed by atoms with E-state index in [0.29, 0.717) is 17.3 Å². The number of imide groups is 1. The minimum absolute atomic E-state index is 0.00788. The smallest absolute Gasteiger partial charge is 0.305 e. The first-order valence-corrected chi connectivity index (χ1v) is 15.9. The molecule has 3 fully saturated rings. The van der Waals surface area contributed by atoms with Crippen LogP contribution in [0, 0.1) is 35.4 Å². The lowest BCUT2D eigenvalue weighted by Gasteiger charge is -2.43. The fourth-order valence-electron chi connectivity index (χ4n) is 7.80. The minimum atomic E-state index is -0.413. The Balaban J connectivity index is 1.11. The molecule has 1 aromatic heterocycles. The molecule has 6 nitrogen and oxygen atoms in total. The van der Waals surface area contributed by atoms with Crippen molar-refractivity contribution in [3.63, 3.8) is 0 Å². The number of nitrogens with zero attached hydrogens (tertiary/aromatic N) is 1. The molecule has 5 unspecified atom stereocenters. The van der Waals surface area contributed by atoms with E-state index in [2.05, 4.69) is 17.1 Å². The van der Waals surface area contributed by atoms with Gasteiger partial charge in [0.2, 0.25) is 11.8 Å². The number of anilines is 1. The summed E-state index contributed by atoms with van der Waals surface area (Å²) in [5.74, 6) is -0.809. The quantitative estimate of drug-likeness (QED) is 0.259. The Labute approximate surface area is 253 Å². The Morgan fingerprint density at radius 1 is 0.952 bits per heavy atom. The zero-order valence-corrected chi connectivity index (χ0v) is 24.4. The summed E-state index contributed by atoms with van der Waals surface area (Å²) in [6, 6.07) is 21.1. The summed E-state index contributed by atoms with van der Waals surface area (Å²) in [6.07, 6.45) is 0.808. The monoisotopic (exact) mass is 618 g/mol. The number of amides is 2. The summed E-state index contributed by atoms with van der Waals surface area (Å²) >= 11 is 9.00. The number of hydrogen-bond acceptors (Lipinski definition) is 6. The lowest BCUT2D eigenvalue weighted by Crippen LogP contribution is -2.42. The number of nitrogens with one attached hydrogen (secondary N) is 1. The van der Waals surface area contributed by atoms with Crippen molar-refractivity contribution in [2.75, 3.05) is 4.90 Å². The Morgan fingerprint density at radius 3 is 2.43 bits per heavy atom. The summed E-state index contributed by atoms with van der Waals surface area (Å²) in [4.78, 5) is 45.3. The molecule has 42 heavy (non-hydrogen) atoms. The first-order chi connectivity index (χ1) is 20.4. The molecule has 4 aromatic rings. The molecule has 2 aliphatic heterocycles. The molecule has 2 aliphatic carbocycles. The zero-order chi connectivity index (χ0) is 28.7. The topological polar surface area (TPSA) is 79.5 Å². The van der Waals surface area contributed by atoms with Crippen LogP contribution in [0.1, 0.15) is 28.3 Å². The summed E-state index contributed by atoms with van der Waals surface area (Å²) in [5.41, 5.74) is 2.46. The number of H-pyrrole nitrogens is 1. The third-order valence-corrected chi connectivity index (χ3v) is 12.2. The number of halogens is 2. The predicted octanol–water partition coefficient (Wildman–Crippen LogP) is 6.49. The average Bonchev–Trinajstić information content (AvgIpc) is 3.72. The van der Waals surface area contributed by atoms with Gasteiger partial charge in [-0.3, -0.25) is 19.3 Å². The maximum atomic E-state index is 13.8. The van der Waals surface area contributed by atoms with Crippen LogP contribution in [0.25, 0.3) is 0 Å². The van der Waals surface area contributed by atoms with Crippen molar-refractivity contribution < 1.29 is 18.7 Å².